The average molecular weight is 301 g/mol. The SMILES string of the molecule is Cc1ccccc1-n1nc(C)c2nc(-c3ccccc3)nnc21. The summed E-state index contributed by atoms with van der Waals surface area (Å²) < 4.78 is 1.81. The fourth-order valence-electron chi connectivity index (χ4n) is 2.63. The van der Waals surface area contributed by atoms with Gasteiger partial charge in [-0.15, -0.1) is 10.2 Å². The van der Waals surface area contributed by atoms with E-state index in [0.29, 0.717) is 11.5 Å². The lowest BCUT2D eigenvalue weighted by atomic mass is 10.2. The minimum absolute atomic E-state index is 0.616. The minimum atomic E-state index is 0.616. The second-order valence-electron chi connectivity index (χ2n) is 5.46. The average Bonchev–Trinajstić information content (AvgIpc) is 2.92. The predicted molar refractivity (Wildman–Crippen MR) is 89.4 cm³/mol. The molecule has 4 rings (SSSR count). The highest BCUT2D eigenvalue weighted by Gasteiger charge is 2.15. The summed E-state index contributed by atoms with van der Waals surface area (Å²) in [6.07, 6.45) is 0. The van der Waals surface area contributed by atoms with Crippen molar-refractivity contribution >= 4 is 11.2 Å². The topological polar surface area (TPSA) is 56.5 Å². The lowest BCUT2D eigenvalue weighted by molar-refractivity contribution is 0.857. The third-order valence-electron chi connectivity index (χ3n) is 3.84. The summed E-state index contributed by atoms with van der Waals surface area (Å²) in [5.74, 6) is 0.616. The number of rotatable bonds is 2. The standard InChI is InChI=1S/C18H15N5/c1-12-8-6-7-11-15(12)23-18-16(13(2)22-23)19-17(20-21-18)14-9-4-3-5-10-14/h3-11H,1-2H3. The molecular weight excluding hydrogens is 286 g/mol. The van der Waals surface area contributed by atoms with E-state index in [9.17, 15) is 0 Å². The van der Waals surface area contributed by atoms with Gasteiger partial charge in [-0.3, -0.25) is 0 Å². The second kappa shape index (κ2) is 5.28. The zero-order valence-electron chi connectivity index (χ0n) is 12.9. The first kappa shape index (κ1) is 13.6. The Morgan fingerprint density at radius 3 is 2.35 bits per heavy atom. The van der Waals surface area contributed by atoms with Crippen LogP contribution in [0.5, 0.6) is 0 Å². The number of fused-ring (bicyclic) bond motifs is 1. The molecule has 0 atom stereocenters. The van der Waals surface area contributed by atoms with Crippen LogP contribution in [0, 0.1) is 13.8 Å². The van der Waals surface area contributed by atoms with Gasteiger partial charge in [-0.25, -0.2) is 9.67 Å². The summed E-state index contributed by atoms with van der Waals surface area (Å²) in [5, 5.41) is 13.3. The molecule has 5 heteroatoms. The van der Waals surface area contributed by atoms with Gasteiger partial charge in [0, 0.05) is 5.56 Å². The van der Waals surface area contributed by atoms with Gasteiger partial charge in [0.2, 0.25) is 5.65 Å². The van der Waals surface area contributed by atoms with Crippen molar-refractivity contribution in [1.82, 2.24) is 25.0 Å². The second-order valence-corrected chi connectivity index (χ2v) is 5.46. The first-order valence-corrected chi connectivity index (χ1v) is 7.45. The smallest absolute Gasteiger partial charge is 0.204 e. The van der Waals surface area contributed by atoms with E-state index in [4.69, 9.17) is 0 Å². The number of hydrogen-bond donors (Lipinski definition) is 0. The van der Waals surface area contributed by atoms with Crippen LogP contribution in [0.4, 0.5) is 0 Å². The summed E-state index contributed by atoms with van der Waals surface area (Å²) in [6, 6.07) is 17.9. The van der Waals surface area contributed by atoms with Crippen LogP contribution in [0.15, 0.2) is 54.6 Å². The van der Waals surface area contributed by atoms with Crippen LogP contribution < -0.4 is 0 Å². The van der Waals surface area contributed by atoms with Gasteiger partial charge < -0.3 is 0 Å². The van der Waals surface area contributed by atoms with Gasteiger partial charge in [0.25, 0.3) is 0 Å². The van der Waals surface area contributed by atoms with Crippen LogP contribution in [0.25, 0.3) is 28.2 Å². The lowest BCUT2D eigenvalue weighted by Crippen LogP contribution is -2.02. The molecule has 0 N–H and O–H groups in total. The Hall–Kier alpha value is -3.08. The van der Waals surface area contributed by atoms with Gasteiger partial charge >= 0.3 is 0 Å². The molecular formula is C18H15N5. The van der Waals surface area contributed by atoms with E-state index in [0.717, 1.165) is 28.0 Å². The predicted octanol–water partition coefficient (Wildman–Crippen LogP) is 3.49. The first-order chi connectivity index (χ1) is 11.2. The number of hydrogen-bond acceptors (Lipinski definition) is 4. The molecule has 0 aliphatic carbocycles. The summed E-state index contributed by atoms with van der Waals surface area (Å²) in [5.41, 5.74) is 5.37. The van der Waals surface area contributed by atoms with Gasteiger partial charge in [-0.1, -0.05) is 48.5 Å². The Morgan fingerprint density at radius 2 is 1.57 bits per heavy atom. The molecule has 0 unspecified atom stereocenters. The first-order valence-electron chi connectivity index (χ1n) is 7.45. The van der Waals surface area contributed by atoms with Crippen molar-refractivity contribution in [3.63, 3.8) is 0 Å². The Balaban J connectivity index is 1.92. The van der Waals surface area contributed by atoms with Crippen LogP contribution >= 0.6 is 0 Å². The molecule has 2 heterocycles. The van der Waals surface area contributed by atoms with E-state index >= 15 is 0 Å². The van der Waals surface area contributed by atoms with Crippen molar-refractivity contribution < 1.29 is 0 Å². The molecule has 0 aliphatic heterocycles. The molecule has 0 saturated carbocycles. The number of para-hydroxylation sites is 1. The zero-order valence-corrected chi connectivity index (χ0v) is 12.9. The molecule has 23 heavy (non-hydrogen) atoms. The van der Waals surface area contributed by atoms with Crippen molar-refractivity contribution in [2.24, 2.45) is 0 Å². The van der Waals surface area contributed by atoms with Gasteiger partial charge in [-0.05, 0) is 25.5 Å². The molecule has 0 amide bonds. The molecule has 2 aromatic heterocycles. The van der Waals surface area contributed by atoms with E-state index in [1.807, 2.05) is 60.1 Å². The zero-order chi connectivity index (χ0) is 15.8. The Morgan fingerprint density at radius 1 is 0.826 bits per heavy atom. The van der Waals surface area contributed by atoms with Crippen molar-refractivity contribution in [3.05, 3.63) is 65.9 Å². The van der Waals surface area contributed by atoms with E-state index in [-0.39, 0.29) is 0 Å². The van der Waals surface area contributed by atoms with Gasteiger partial charge in [-0.2, -0.15) is 5.10 Å². The molecule has 0 spiro atoms. The van der Waals surface area contributed by atoms with Crippen LogP contribution in [0.1, 0.15) is 11.3 Å². The van der Waals surface area contributed by atoms with E-state index in [1.165, 1.54) is 0 Å². The van der Waals surface area contributed by atoms with Gasteiger partial charge in [0.1, 0.15) is 5.52 Å². The molecule has 0 radical (unpaired) electrons. The fraction of sp³-hybridized carbons (Fsp3) is 0.111. The summed E-state index contributed by atoms with van der Waals surface area (Å²) >= 11 is 0. The molecule has 0 fully saturated rings. The normalized spacial score (nSPS) is 11.0. The molecule has 5 nitrogen and oxygen atoms in total. The largest absolute Gasteiger partial charge is 0.221 e. The molecule has 0 bridgehead atoms. The van der Waals surface area contributed by atoms with Crippen molar-refractivity contribution in [2.75, 3.05) is 0 Å². The molecule has 112 valence electrons. The molecule has 0 saturated heterocycles. The highest BCUT2D eigenvalue weighted by molar-refractivity contribution is 5.77. The number of nitrogens with zero attached hydrogens (tertiary/aromatic N) is 5. The lowest BCUT2D eigenvalue weighted by Gasteiger charge is -2.05. The van der Waals surface area contributed by atoms with Crippen molar-refractivity contribution in [2.45, 2.75) is 13.8 Å². The quantitative estimate of drug-likeness (QED) is 0.568. The third kappa shape index (κ3) is 2.26. The Bertz CT molecular complexity index is 989. The van der Waals surface area contributed by atoms with Crippen molar-refractivity contribution in [1.29, 1.82) is 0 Å². The van der Waals surface area contributed by atoms with Crippen LogP contribution in [-0.4, -0.2) is 25.0 Å². The summed E-state index contributed by atoms with van der Waals surface area (Å²) in [4.78, 5) is 4.66. The molecule has 2 aromatic carbocycles. The van der Waals surface area contributed by atoms with E-state index in [2.05, 4.69) is 33.3 Å². The van der Waals surface area contributed by atoms with Gasteiger partial charge in [0.05, 0.1) is 11.4 Å². The molecule has 0 aliphatic rings. The van der Waals surface area contributed by atoms with Crippen LogP contribution in [0.2, 0.25) is 0 Å². The summed E-state index contributed by atoms with van der Waals surface area (Å²) in [6.45, 7) is 4.00. The maximum atomic E-state index is 4.66. The Kier molecular flexibility index (Phi) is 3.12. The van der Waals surface area contributed by atoms with Crippen molar-refractivity contribution in [3.8, 4) is 17.1 Å². The minimum Gasteiger partial charge on any atom is -0.221 e. The number of aromatic nitrogens is 5. The highest BCUT2D eigenvalue weighted by atomic mass is 15.4. The Labute approximate surface area is 133 Å². The van der Waals surface area contributed by atoms with E-state index < -0.39 is 0 Å². The maximum absolute atomic E-state index is 4.66. The highest BCUT2D eigenvalue weighted by Crippen LogP contribution is 2.22. The monoisotopic (exact) mass is 301 g/mol. The van der Waals surface area contributed by atoms with Crippen LogP contribution in [-0.2, 0) is 0 Å². The van der Waals surface area contributed by atoms with Gasteiger partial charge in [0.15, 0.2) is 5.82 Å². The van der Waals surface area contributed by atoms with E-state index in [1.54, 1.807) is 0 Å². The number of benzene rings is 2. The maximum Gasteiger partial charge on any atom is 0.204 e. The number of aryl methyl sites for hydroxylation is 2. The summed E-state index contributed by atoms with van der Waals surface area (Å²) in [7, 11) is 0. The van der Waals surface area contributed by atoms with Crippen LogP contribution in [0.3, 0.4) is 0 Å². The third-order valence-corrected chi connectivity index (χ3v) is 3.84. The fourth-order valence-corrected chi connectivity index (χ4v) is 2.63. The molecule has 4 aromatic rings.